The summed E-state index contributed by atoms with van der Waals surface area (Å²) in [5.41, 5.74) is 0.758. The molecular formula is C23H15F2NO3. The SMILES string of the molecule is O=C1C(=O)N(c2ccccc2)[C@H](c2cccc(F)c2)C1=C(O)c1ccc(F)cc1. The van der Waals surface area contributed by atoms with Crippen molar-refractivity contribution in [1.82, 2.24) is 0 Å². The van der Waals surface area contributed by atoms with Crippen molar-refractivity contribution >= 4 is 23.1 Å². The summed E-state index contributed by atoms with van der Waals surface area (Å²) in [6.45, 7) is 0. The molecule has 144 valence electrons. The zero-order valence-electron chi connectivity index (χ0n) is 15.0. The second-order valence-corrected chi connectivity index (χ2v) is 6.57. The first-order valence-corrected chi connectivity index (χ1v) is 8.85. The molecule has 0 aliphatic carbocycles. The van der Waals surface area contributed by atoms with Crippen molar-refractivity contribution in [3.63, 3.8) is 0 Å². The normalized spacial score (nSPS) is 18.3. The number of Topliss-reactive ketones (excluding diaryl/α,β-unsaturated/α-hetero) is 1. The van der Waals surface area contributed by atoms with Gasteiger partial charge in [-0.05, 0) is 54.1 Å². The number of benzene rings is 3. The van der Waals surface area contributed by atoms with Gasteiger partial charge < -0.3 is 5.11 Å². The third-order valence-electron chi connectivity index (χ3n) is 4.76. The number of halogens is 2. The molecule has 0 bridgehead atoms. The van der Waals surface area contributed by atoms with Gasteiger partial charge in [0.2, 0.25) is 0 Å². The highest BCUT2D eigenvalue weighted by molar-refractivity contribution is 6.51. The Kier molecular flexibility index (Phi) is 4.68. The third-order valence-corrected chi connectivity index (χ3v) is 4.76. The number of carbonyl (C=O) groups excluding carboxylic acids is 2. The molecule has 1 N–H and O–H groups in total. The summed E-state index contributed by atoms with van der Waals surface area (Å²) in [6.07, 6.45) is 0. The Morgan fingerprint density at radius 3 is 2.17 bits per heavy atom. The molecule has 4 rings (SSSR count). The van der Waals surface area contributed by atoms with Crippen LogP contribution in [-0.4, -0.2) is 16.8 Å². The average Bonchev–Trinajstić information content (AvgIpc) is 2.99. The topological polar surface area (TPSA) is 57.6 Å². The van der Waals surface area contributed by atoms with E-state index in [-0.39, 0.29) is 11.1 Å². The van der Waals surface area contributed by atoms with Crippen LogP contribution in [0.5, 0.6) is 0 Å². The Bertz CT molecular complexity index is 1120. The number of rotatable bonds is 3. The number of amides is 1. The number of hydrogen-bond donors (Lipinski definition) is 1. The molecule has 3 aromatic rings. The van der Waals surface area contributed by atoms with Gasteiger partial charge in [-0.2, -0.15) is 0 Å². The van der Waals surface area contributed by atoms with Gasteiger partial charge in [0.25, 0.3) is 11.7 Å². The van der Waals surface area contributed by atoms with Gasteiger partial charge >= 0.3 is 0 Å². The smallest absolute Gasteiger partial charge is 0.300 e. The molecule has 1 amide bonds. The minimum Gasteiger partial charge on any atom is -0.507 e. The molecule has 1 saturated heterocycles. The van der Waals surface area contributed by atoms with E-state index in [1.54, 1.807) is 36.4 Å². The highest BCUT2D eigenvalue weighted by Gasteiger charge is 2.47. The van der Waals surface area contributed by atoms with Crippen LogP contribution in [0.3, 0.4) is 0 Å². The van der Waals surface area contributed by atoms with Crippen LogP contribution in [0, 0.1) is 11.6 Å². The number of anilines is 1. The lowest BCUT2D eigenvalue weighted by atomic mass is 9.95. The number of carbonyl (C=O) groups is 2. The van der Waals surface area contributed by atoms with Gasteiger partial charge in [-0.3, -0.25) is 14.5 Å². The standard InChI is InChI=1S/C23H15F2NO3/c24-16-11-9-14(10-12-16)21(27)19-20(15-5-4-6-17(25)13-15)26(23(29)22(19)28)18-7-2-1-3-8-18/h1-13,20,27H/t20-/m1/s1. The molecule has 6 heteroatoms. The molecular weight excluding hydrogens is 376 g/mol. The molecule has 0 saturated carbocycles. The van der Waals surface area contributed by atoms with E-state index >= 15 is 0 Å². The van der Waals surface area contributed by atoms with Crippen LogP contribution in [0.2, 0.25) is 0 Å². The summed E-state index contributed by atoms with van der Waals surface area (Å²) in [7, 11) is 0. The molecule has 1 aliphatic heterocycles. The molecule has 1 atom stereocenters. The molecule has 0 spiro atoms. The van der Waals surface area contributed by atoms with Crippen molar-refractivity contribution in [2.24, 2.45) is 0 Å². The van der Waals surface area contributed by atoms with E-state index < -0.39 is 35.1 Å². The first kappa shape index (κ1) is 18.6. The molecule has 1 aliphatic rings. The van der Waals surface area contributed by atoms with Crippen LogP contribution >= 0.6 is 0 Å². The van der Waals surface area contributed by atoms with E-state index in [0.717, 1.165) is 12.1 Å². The minimum atomic E-state index is -1.03. The van der Waals surface area contributed by atoms with Gasteiger partial charge in [0.05, 0.1) is 11.6 Å². The summed E-state index contributed by atoms with van der Waals surface area (Å²) in [5, 5.41) is 10.8. The highest BCUT2D eigenvalue weighted by Crippen LogP contribution is 2.42. The number of aliphatic hydroxyl groups excluding tert-OH is 1. The Morgan fingerprint density at radius 1 is 0.828 bits per heavy atom. The summed E-state index contributed by atoms with van der Waals surface area (Å²) in [4.78, 5) is 26.9. The van der Waals surface area contributed by atoms with E-state index in [2.05, 4.69) is 0 Å². The molecule has 29 heavy (non-hydrogen) atoms. The number of para-hydroxylation sites is 1. The number of nitrogens with zero attached hydrogens (tertiary/aromatic N) is 1. The number of ketones is 1. The van der Waals surface area contributed by atoms with Crippen molar-refractivity contribution in [3.8, 4) is 0 Å². The quantitative estimate of drug-likeness (QED) is 0.404. The Labute approximate surface area is 165 Å². The van der Waals surface area contributed by atoms with Crippen molar-refractivity contribution in [3.05, 3.63) is 107 Å². The van der Waals surface area contributed by atoms with Gasteiger partial charge in [-0.15, -0.1) is 0 Å². The second kappa shape index (κ2) is 7.31. The summed E-state index contributed by atoms with van der Waals surface area (Å²) in [5.74, 6) is -3.23. The van der Waals surface area contributed by atoms with Gasteiger partial charge in [-0.25, -0.2) is 8.78 Å². The van der Waals surface area contributed by atoms with Gasteiger partial charge in [0, 0.05) is 11.3 Å². The predicted molar refractivity (Wildman–Crippen MR) is 104 cm³/mol. The maximum absolute atomic E-state index is 13.9. The van der Waals surface area contributed by atoms with Crippen LogP contribution in [-0.2, 0) is 9.59 Å². The number of aliphatic hydroxyl groups is 1. The zero-order valence-corrected chi connectivity index (χ0v) is 15.0. The summed E-state index contributed by atoms with van der Waals surface area (Å²) < 4.78 is 27.2. The average molecular weight is 391 g/mol. The summed E-state index contributed by atoms with van der Waals surface area (Å²) in [6, 6.07) is 17.8. The zero-order chi connectivity index (χ0) is 20.5. The fraction of sp³-hybridized carbons (Fsp3) is 0.0435. The van der Waals surface area contributed by atoms with Crippen LogP contribution in [0.25, 0.3) is 5.76 Å². The Morgan fingerprint density at radius 2 is 1.52 bits per heavy atom. The Hall–Kier alpha value is -3.80. The van der Waals surface area contributed by atoms with Crippen molar-refractivity contribution < 1.29 is 23.5 Å². The van der Waals surface area contributed by atoms with Crippen LogP contribution in [0.1, 0.15) is 17.2 Å². The van der Waals surface area contributed by atoms with E-state index in [4.69, 9.17) is 0 Å². The van der Waals surface area contributed by atoms with E-state index in [1.807, 2.05) is 0 Å². The first-order valence-electron chi connectivity index (χ1n) is 8.85. The van der Waals surface area contributed by atoms with Crippen LogP contribution < -0.4 is 4.90 Å². The van der Waals surface area contributed by atoms with Gasteiger partial charge in [0.1, 0.15) is 17.4 Å². The number of hydrogen-bond acceptors (Lipinski definition) is 3. The lowest BCUT2D eigenvalue weighted by Crippen LogP contribution is -2.29. The fourth-order valence-electron chi connectivity index (χ4n) is 3.44. The third kappa shape index (κ3) is 3.29. The maximum Gasteiger partial charge on any atom is 0.300 e. The monoisotopic (exact) mass is 391 g/mol. The van der Waals surface area contributed by atoms with E-state index in [9.17, 15) is 23.5 Å². The van der Waals surface area contributed by atoms with Crippen molar-refractivity contribution in [1.29, 1.82) is 0 Å². The van der Waals surface area contributed by atoms with Crippen molar-refractivity contribution in [2.45, 2.75) is 6.04 Å². The molecule has 0 radical (unpaired) electrons. The minimum absolute atomic E-state index is 0.180. The maximum atomic E-state index is 13.9. The second-order valence-electron chi connectivity index (χ2n) is 6.57. The van der Waals surface area contributed by atoms with E-state index in [1.165, 1.54) is 35.2 Å². The Balaban J connectivity index is 1.95. The van der Waals surface area contributed by atoms with E-state index in [0.29, 0.717) is 11.3 Å². The molecule has 0 aromatic heterocycles. The van der Waals surface area contributed by atoms with Gasteiger partial charge in [0.15, 0.2) is 0 Å². The largest absolute Gasteiger partial charge is 0.507 e. The van der Waals surface area contributed by atoms with Crippen LogP contribution in [0.15, 0.2) is 84.4 Å². The first-order chi connectivity index (χ1) is 14.0. The van der Waals surface area contributed by atoms with Crippen molar-refractivity contribution in [2.75, 3.05) is 4.90 Å². The molecule has 1 heterocycles. The molecule has 3 aromatic carbocycles. The van der Waals surface area contributed by atoms with Gasteiger partial charge in [-0.1, -0.05) is 30.3 Å². The molecule has 1 fully saturated rings. The molecule has 4 nitrogen and oxygen atoms in total. The van der Waals surface area contributed by atoms with Crippen LogP contribution in [0.4, 0.5) is 14.5 Å². The molecule has 0 unspecified atom stereocenters. The lowest BCUT2D eigenvalue weighted by molar-refractivity contribution is -0.132. The highest BCUT2D eigenvalue weighted by atomic mass is 19.1. The summed E-state index contributed by atoms with van der Waals surface area (Å²) >= 11 is 0. The predicted octanol–water partition coefficient (Wildman–Crippen LogP) is 4.59. The fourth-order valence-corrected chi connectivity index (χ4v) is 3.44. The lowest BCUT2D eigenvalue weighted by Gasteiger charge is -2.25.